The van der Waals surface area contributed by atoms with Gasteiger partial charge in [0, 0.05) is 24.1 Å². The van der Waals surface area contributed by atoms with Crippen molar-refractivity contribution in [2.45, 2.75) is 20.0 Å². The maximum atomic E-state index is 9.15. The number of aliphatic hydroxyl groups excluding tert-OH is 1. The highest BCUT2D eigenvalue weighted by Crippen LogP contribution is 2.10. The summed E-state index contributed by atoms with van der Waals surface area (Å²) in [7, 11) is 0. The molecule has 0 aliphatic heterocycles. The second kappa shape index (κ2) is 11.6. The molecule has 0 saturated heterocycles. The summed E-state index contributed by atoms with van der Waals surface area (Å²) in [4.78, 5) is 2.25. The van der Waals surface area contributed by atoms with E-state index in [1.54, 1.807) is 0 Å². The third kappa shape index (κ3) is 7.96. The van der Waals surface area contributed by atoms with Crippen LogP contribution in [0.4, 0.5) is 0 Å². The van der Waals surface area contributed by atoms with Crippen molar-refractivity contribution in [2.24, 2.45) is 0 Å². The van der Waals surface area contributed by atoms with E-state index in [0.29, 0.717) is 6.54 Å². The van der Waals surface area contributed by atoms with Crippen LogP contribution in [0.1, 0.15) is 16.7 Å². The molecule has 3 heteroatoms. The van der Waals surface area contributed by atoms with Crippen molar-refractivity contribution in [2.75, 3.05) is 13.2 Å². The normalized spacial score (nSPS) is 10.3. The molecule has 0 aliphatic carbocycles. The fourth-order valence-electron chi connectivity index (χ4n) is 2.64. The third-order valence-electron chi connectivity index (χ3n) is 3.89. The number of benzene rings is 3. The largest absolute Gasteiger partial charge is 0.395 e. The molecular weight excluding hydrogens is 386 g/mol. The van der Waals surface area contributed by atoms with Crippen molar-refractivity contribution in [3.8, 4) is 0 Å². The van der Waals surface area contributed by atoms with Gasteiger partial charge in [-0.25, -0.2) is 0 Å². The molecule has 0 fully saturated rings. The van der Waals surface area contributed by atoms with E-state index in [1.807, 2.05) is 24.3 Å². The van der Waals surface area contributed by atoms with E-state index in [0.717, 1.165) is 17.6 Å². The smallest absolute Gasteiger partial charge is 0.0558 e. The van der Waals surface area contributed by atoms with Crippen LogP contribution in [0.5, 0.6) is 0 Å². The van der Waals surface area contributed by atoms with Crippen molar-refractivity contribution in [3.05, 3.63) is 106 Å². The first-order chi connectivity index (χ1) is 12.7. The zero-order valence-electron chi connectivity index (χ0n) is 15.2. The van der Waals surface area contributed by atoms with E-state index < -0.39 is 0 Å². The number of rotatable bonds is 6. The van der Waals surface area contributed by atoms with Crippen LogP contribution in [0.25, 0.3) is 0 Å². The molecule has 0 aromatic heterocycles. The molecule has 0 unspecified atom stereocenters. The molecule has 0 saturated carbocycles. The van der Waals surface area contributed by atoms with Gasteiger partial charge >= 0.3 is 0 Å². The minimum atomic E-state index is 0.194. The van der Waals surface area contributed by atoms with Crippen LogP contribution in [-0.4, -0.2) is 23.2 Å². The van der Waals surface area contributed by atoms with Gasteiger partial charge in [0.1, 0.15) is 0 Å². The van der Waals surface area contributed by atoms with Crippen LogP contribution in [-0.2, 0) is 13.1 Å². The van der Waals surface area contributed by atoms with Crippen LogP contribution in [0.15, 0.2) is 89.4 Å². The molecule has 3 aromatic rings. The molecule has 0 bridgehead atoms. The van der Waals surface area contributed by atoms with Crippen molar-refractivity contribution in [3.63, 3.8) is 0 Å². The minimum Gasteiger partial charge on any atom is -0.395 e. The Bertz CT molecular complexity index is 688. The Balaban J connectivity index is 0.000000254. The molecule has 0 spiro atoms. The highest BCUT2D eigenvalue weighted by molar-refractivity contribution is 9.10. The molecule has 1 N–H and O–H groups in total. The van der Waals surface area contributed by atoms with Crippen molar-refractivity contribution in [1.29, 1.82) is 0 Å². The van der Waals surface area contributed by atoms with Crippen LogP contribution in [0.2, 0.25) is 0 Å². The highest BCUT2D eigenvalue weighted by Gasteiger charge is 2.06. The second-order valence-corrected chi connectivity index (χ2v) is 7.12. The lowest BCUT2D eigenvalue weighted by molar-refractivity contribution is 0.184. The predicted octanol–water partition coefficient (Wildman–Crippen LogP) is 5.44. The van der Waals surface area contributed by atoms with Gasteiger partial charge in [-0.2, -0.15) is 0 Å². The Hall–Kier alpha value is -1.94. The zero-order chi connectivity index (χ0) is 18.6. The van der Waals surface area contributed by atoms with E-state index in [2.05, 4.69) is 88.4 Å². The summed E-state index contributed by atoms with van der Waals surface area (Å²) < 4.78 is 1.15. The SMILES string of the molecule is Cc1cccc(Br)c1.OCCN(Cc1ccccc1)Cc1ccccc1. The number of hydrogen-bond donors (Lipinski definition) is 1. The van der Waals surface area contributed by atoms with Crippen LogP contribution in [0.3, 0.4) is 0 Å². The van der Waals surface area contributed by atoms with Gasteiger partial charge in [-0.3, -0.25) is 4.90 Å². The van der Waals surface area contributed by atoms with Gasteiger partial charge in [0.25, 0.3) is 0 Å². The van der Waals surface area contributed by atoms with Crippen LogP contribution in [0, 0.1) is 6.92 Å². The molecule has 3 aromatic carbocycles. The van der Waals surface area contributed by atoms with Gasteiger partial charge in [0.2, 0.25) is 0 Å². The lowest BCUT2D eigenvalue weighted by Gasteiger charge is -2.21. The molecule has 0 heterocycles. The summed E-state index contributed by atoms with van der Waals surface area (Å²) in [5.74, 6) is 0. The van der Waals surface area contributed by atoms with Gasteiger partial charge in [0.15, 0.2) is 0 Å². The summed E-state index contributed by atoms with van der Waals surface area (Å²) >= 11 is 3.36. The van der Waals surface area contributed by atoms with E-state index >= 15 is 0 Å². The lowest BCUT2D eigenvalue weighted by atomic mass is 10.1. The van der Waals surface area contributed by atoms with E-state index in [-0.39, 0.29) is 6.61 Å². The van der Waals surface area contributed by atoms with E-state index in [9.17, 15) is 0 Å². The van der Waals surface area contributed by atoms with Crippen molar-refractivity contribution < 1.29 is 5.11 Å². The number of halogens is 1. The number of nitrogens with zero attached hydrogens (tertiary/aromatic N) is 1. The number of aliphatic hydroxyl groups is 1. The average molecular weight is 412 g/mol. The molecule has 26 heavy (non-hydrogen) atoms. The van der Waals surface area contributed by atoms with Crippen LogP contribution >= 0.6 is 15.9 Å². The quantitative estimate of drug-likeness (QED) is 0.583. The molecule has 3 rings (SSSR count). The summed E-state index contributed by atoms with van der Waals surface area (Å²) in [6.07, 6.45) is 0. The molecule has 0 radical (unpaired) electrons. The third-order valence-corrected chi connectivity index (χ3v) is 4.39. The molecule has 0 aliphatic rings. The number of hydrogen-bond acceptors (Lipinski definition) is 2. The minimum absolute atomic E-state index is 0.194. The zero-order valence-corrected chi connectivity index (χ0v) is 16.8. The lowest BCUT2D eigenvalue weighted by Crippen LogP contribution is -2.26. The molecule has 136 valence electrons. The molecular formula is C23H26BrNO. The summed E-state index contributed by atoms with van der Waals surface area (Å²) in [6, 6.07) is 28.9. The molecule has 2 nitrogen and oxygen atoms in total. The van der Waals surface area contributed by atoms with Crippen molar-refractivity contribution >= 4 is 15.9 Å². The molecule has 0 atom stereocenters. The Labute approximate surface area is 165 Å². The standard InChI is InChI=1S/C16H19NO.C7H7Br/c18-12-11-17(13-15-7-3-1-4-8-15)14-16-9-5-2-6-10-16;1-6-3-2-4-7(8)5-6/h1-10,18H,11-14H2;2-5H,1H3. The first-order valence-corrected chi connectivity index (χ1v) is 9.60. The van der Waals surface area contributed by atoms with Crippen LogP contribution < -0.4 is 0 Å². The summed E-state index contributed by atoms with van der Waals surface area (Å²) in [6.45, 7) is 4.71. The Morgan fingerprint density at radius 1 is 0.769 bits per heavy atom. The summed E-state index contributed by atoms with van der Waals surface area (Å²) in [5, 5.41) is 9.15. The average Bonchev–Trinajstić information content (AvgIpc) is 2.64. The van der Waals surface area contributed by atoms with Crippen molar-refractivity contribution in [1.82, 2.24) is 4.90 Å². The van der Waals surface area contributed by atoms with E-state index in [1.165, 1.54) is 16.7 Å². The Morgan fingerprint density at radius 3 is 1.69 bits per heavy atom. The first kappa shape index (κ1) is 20.4. The summed E-state index contributed by atoms with van der Waals surface area (Å²) in [5.41, 5.74) is 3.85. The Kier molecular flexibility index (Phi) is 9.11. The second-order valence-electron chi connectivity index (χ2n) is 6.20. The fourth-order valence-corrected chi connectivity index (χ4v) is 3.16. The Morgan fingerprint density at radius 2 is 1.31 bits per heavy atom. The molecule has 0 amide bonds. The van der Waals surface area contributed by atoms with Gasteiger partial charge in [-0.1, -0.05) is 94.3 Å². The first-order valence-electron chi connectivity index (χ1n) is 8.80. The van der Waals surface area contributed by atoms with Gasteiger partial charge in [0.05, 0.1) is 6.61 Å². The van der Waals surface area contributed by atoms with E-state index in [4.69, 9.17) is 5.11 Å². The predicted molar refractivity (Wildman–Crippen MR) is 113 cm³/mol. The number of aryl methyl sites for hydroxylation is 1. The fraction of sp³-hybridized carbons (Fsp3) is 0.217. The maximum Gasteiger partial charge on any atom is 0.0558 e. The maximum absolute atomic E-state index is 9.15. The monoisotopic (exact) mass is 411 g/mol. The topological polar surface area (TPSA) is 23.5 Å². The van der Waals surface area contributed by atoms with Gasteiger partial charge in [-0.05, 0) is 30.2 Å². The highest BCUT2D eigenvalue weighted by atomic mass is 79.9. The van der Waals surface area contributed by atoms with Gasteiger partial charge < -0.3 is 5.11 Å². The van der Waals surface area contributed by atoms with Gasteiger partial charge in [-0.15, -0.1) is 0 Å².